The number of anilines is 1. The molecule has 0 atom stereocenters. The van der Waals surface area contributed by atoms with Gasteiger partial charge in [0.05, 0.1) is 17.2 Å². The van der Waals surface area contributed by atoms with Crippen LogP contribution in [-0.4, -0.2) is 40.9 Å². The van der Waals surface area contributed by atoms with Crippen LogP contribution in [-0.2, 0) is 0 Å². The molecule has 1 fully saturated rings. The van der Waals surface area contributed by atoms with Crippen LogP contribution < -0.4 is 10.1 Å². The van der Waals surface area contributed by atoms with E-state index in [2.05, 4.69) is 10.3 Å². The molecule has 3 rings (SSSR count). The molecule has 1 saturated heterocycles. The Morgan fingerprint density at radius 3 is 2.38 bits per heavy atom. The van der Waals surface area contributed by atoms with Crippen molar-refractivity contribution in [2.45, 2.75) is 32.8 Å². The summed E-state index contributed by atoms with van der Waals surface area (Å²) in [5.41, 5.74) is 1.46. The van der Waals surface area contributed by atoms with E-state index in [0.29, 0.717) is 16.8 Å². The normalized spacial score (nSPS) is 13.7. The van der Waals surface area contributed by atoms with Crippen LogP contribution in [0.5, 0.6) is 5.75 Å². The fourth-order valence-corrected chi connectivity index (χ4v) is 2.88. The molecule has 0 spiro atoms. The first-order chi connectivity index (χ1) is 12.5. The molecule has 136 valence electrons. The first-order valence-electron chi connectivity index (χ1n) is 8.85. The lowest BCUT2D eigenvalue weighted by atomic mass is 10.1. The molecule has 1 aliphatic heterocycles. The molecular formula is C20H23N3O3. The zero-order valence-corrected chi connectivity index (χ0v) is 15.1. The maximum absolute atomic E-state index is 12.5. The molecule has 0 radical (unpaired) electrons. The summed E-state index contributed by atoms with van der Waals surface area (Å²) in [6.07, 6.45) is 5.12. The molecule has 6 nitrogen and oxygen atoms in total. The number of nitrogens with zero attached hydrogens (tertiary/aromatic N) is 2. The number of ether oxygens (including phenoxy) is 1. The number of amides is 2. The van der Waals surface area contributed by atoms with Crippen molar-refractivity contribution in [1.82, 2.24) is 9.88 Å². The molecule has 1 aromatic carbocycles. The Kier molecular flexibility index (Phi) is 5.51. The lowest BCUT2D eigenvalue weighted by Gasteiger charge is -2.15. The maximum atomic E-state index is 12.5. The number of hydrogen-bond donors (Lipinski definition) is 1. The Balaban J connectivity index is 1.68. The Bertz CT molecular complexity index is 781. The number of carbonyl (C=O) groups excluding carboxylic acids is 2. The molecule has 2 amide bonds. The number of pyridine rings is 1. The van der Waals surface area contributed by atoms with Gasteiger partial charge in [-0.2, -0.15) is 0 Å². The van der Waals surface area contributed by atoms with Gasteiger partial charge < -0.3 is 15.0 Å². The van der Waals surface area contributed by atoms with E-state index in [4.69, 9.17) is 4.74 Å². The summed E-state index contributed by atoms with van der Waals surface area (Å²) < 4.78 is 5.58. The van der Waals surface area contributed by atoms with E-state index in [0.717, 1.165) is 31.7 Å². The number of nitrogens with one attached hydrogen (secondary N) is 1. The Morgan fingerprint density at radius 1 is 1.08 bits per heavy atom. The predicted octanol–water partition coefficient (Wildman–Crippen LogP) is 3.36. The lowest BCUT2D eigenvalue weighted by molar-refractivity contribution is 0.0792. The lowest BCUT2D eigenvalue weighted by Crippen LogP contribution is -2.28. The quantitative estimate of drug-likeness (QED) is 0.895. The van der Waals surface area contributed by atoms with Crippen LogP contribution in [0.25, 0.3) is 0 Å². The van der Waals surface area contributed by atoms with E-state index < -0.39 is 0 Å². The summed E-state index contributed by atoms with van der Waals surface area (Å²) >= 11 is 0. The van der Waals surface area contributed by atoms with Crippen LogP contribution in [0.3, 0.4) is 0 Å². The average molecular weight is 353 g/mol. The molecule has 0 saturated carbocycles. The molecule has 0 bridgehead atoms. The van der Waals surface area contributed by atoms with Gasteiger partial charge in [0, 0.05) is 31.2 Å². The molecule has 2 heterocycles. The van der Waals surface area contributed by atoms with Crippen LogP contribution in [0, 0.1) is 0 Å². The van der Waals surface area contributed by atoms with Crippen molar-refractivity contribution in [2.24, 2.45) is 0 Å². The average Bonchev–Trinajstić information content (AvgIpc) is 3.17. The minimum atomic E-state index is -0.300. The van der Waals surface area contributed by atoms with Crippen molar-refractivity contribution < 1.29 is 14.3 Å². The highest BCUT2D eigenvalue weighted by atomic mass is 16.5. The maximum Gasteiger partial charge on any atom is 0.257 e. The van der Waals surface area contributed by atoms with E-state index >= 15 is 0 Å². The molecule has 2 aromatic rings. The van der Waals surface area contributed by atoms with Crippen LogP contribution in [0.1, 0.15) is 47.4 Å². The van der Waals surface area contributed by atoms with Gasteiger partial charge in [-0.15, -0.1) is 0 Å². The standard InChI is InChI=1S/C20H23N3O3/c1-14(2)26-18-7-5-17(6-8-18)22-19(24)15-11-16(13-21-12-15)20(25)23-9-3-4-10-23/h5-8,11-14H,3-4,9-10H2,1-2H3,(H,22,24). The molecule has 1 aromatic heterocycles. The van der Waals surface area contributed by atoms with Crippen molar-refractivity contribution in [2.75, 3.05) is 18.4 Å². The minimum Gasteiger partial charge on any atom is -0.491 e. The van der Waals surface area contributed by atoms with Gasteiger partial charge in [-0.25, -0.2) is 0 Å². The highest BCUT2D eigenvalue weighted by Crippen LogP contribution is 2.18. The number of hydrogen-bond acceptors (Lipinski definition) is 4. The fourth-order valence-electron chi connectivity index (χ4n) is 2.88. The number of benzene rings is 1. The minimum absolute atomic E-state index is 0.0696. The van der Waals surface area contributed by atoms with E-state index in [9.17, 15) is 9.59 Å². The fraction of sp³-hybridized carbons (Fsp3) is 0.350. The van der Waals surface area contributed by atoms with E-state index in [1.165, 1.54) is 12.4 Å². The largest absolute Gasteiger partial charge is 0.491 e. The second-order valence-corrected chi connectivity index (χ2v) is 6.61. The van der Waals surface area contributed by atoms with Crippen molar-refractivity contribution in [1.29, 1.82) is 0 Å². The number of likely N-dealkylation sites (tertiary alicyclic amines) is 1. The smallest absolute Gasteiger partial charge is 0.257 e. The van der Waals surface area contributed by atoms with Crippen molar-refractivity contribution in [3.63, 3.8) is 0 Å². The SMILES string of the molecule is CC(C)Oc1ccc(NC(=O)c2cncc(C(=O)N3CCCC3)c2)cc1. The van der Waals surface area contributed by atoms with Gasteiger partial charge in [-0.1, -0.05) is 0 Å². The van der Waals surface area contributed by atoms with Gasteiger partial charge in [0.25, 0.3) is 11.8 Å². The summed E-state index contributed by atoms with van der Waals surface area (Å²) in [6, 6.07) is 8.77. The van der Waals surface area contributed by atoms with Crippen LogP contribution in [0.4, 0.5) is 5.69 Å². The van der Waals surface area contributed by atoms with Crippen molar-refractivity contribution in [3.8, 4) is 5.75 Å². The van der Waals surface area contributed by atoms with Crippen LogP contribution in [0.15, 0.2) is 42.7 Å². The van der Waals surface area contributed by atoms with Crippen LogP contribution in [0.2, 0.25) is 0 Å². The van der Waals surface area contributed by atoms with Crippen LogP contribution >= 0.6 is 0 Å². The van der Waals surface area contributed by atoms with E-state index in [1.54, 1.807) is 35.2 Å². The zero-order valence-electron chi connectivity index (χ0n) is 15.1. The number of carbonyl (C=O) groups is 2. The predicted molar refractivity (Wildman–Crippen MR) is 99.5 cm³/mol. The first-order valence-corrected chi connectivity index (χ1v) is 8.85. The molecule has 0 unspecified atom stereocenters. The Labute approximate surface area is 153 Å². The Hall–Kier alpha value is -2.89. The molecule has 0 aliphatic carbocycles. The monoisotopic (exact) mass is 353 g/mol. The summed E-state index contributed by atoms with van der Waals surface area (Å²) in [5, 5.41) is 2.82. The van der Waals surface area contributed by atoms with Gasteiger partial charge in [-0.3, -0.25) is 14.6 Å². The van der Waals surface area contributed by atoms with Crippen molar-refractivity contribution >= 4 is 17.5 Å². The molecule has 6 heteroatoms. The summed E-state index contributed by atoms with van der Waals surface area (Å²) in [7, 11) is 0. The second kappa shape index (κ2) is 7.99. The van der Waals surface area contributed by atoms with E-state index in [1.807, 2.05) is 13.8 Å². The molecular weight excluding hydrogens is 330 g/mol. The third-order valence-electron chi connectivity index (χ3n) is 4.12. The third-order valence-corrected chi connectivity index (χ3v) is 4.12. The van der Waals surface area contributed by atoms with Gasteiger partial charge >= 0.3 is 0 Å². The summed E-state index contributed by atoms with van der Waals surface area (Å²) in [5.74, 6) is 0.379. The highest BCUT2D eigenvalue weighted by molar-refractivity contribution is 6.05. The number of rotatable bonds is 5. The van der Waals surface area contributed by atoms with Gasteiger partial charge in [0.2, 0.25) is 0 Å². The number of aromatic nitrogens is 1. The molecule has 1 N–H and O–H groups in total. The van der Waals surface area contributed by atoms with Gasteiger partial charge in [-0.05, 0) is 57.0 Å². The second-order valence-electron chi connectivity index (χ2n) is 6.61. The van der Waals surface area contributed by atoms with Gasteiger partial charge in [0.15, 0.2) is 0 Å². The van der Waals surface area contributed by atoms with Crippen molar-refractivity contribution in [3.05, 3.63) is 53.9 Å². The zero-order chi connectivity index (χ0) is 18.5. The highest BCUT2D eigenvalue weighted by Gasteiger charge is 2.20. The summed E-state index contributed by atoms with van der Waals surface area (Å²) in [6.45, 7) is 5.44. The third kappa shape index (κ3) is 4.39. The van der Waals surface area contributed by atoms with Gasteiger partial charge in [0.1, 0.15) is 5.75 Å². The molecule has 1 aliphatic rings. The summed E-state index contributed by atoms with van der Waals surface area (Å²) in [4.78, 5) is 30.8. The topological polar surface area (TPSA) is 71.5 Å². The first kappa shape index (κ1) is 17.9. The molecule has 26 heavy (non-hydrogen) atoms. The van der Waals surface area contributed by atoms with E-state index in [-0.39, 0.29) is 17.9 Å². The Morgan fingerprint density at radius 2 is 1.73 bits per heavy atom.